The van der Waals surface area contributed by atoms with Gasteiger partial charge in [0, 0.05) is 26.3 Å². The molecule has 2 heterocycles. The molecule has 1 aliphatic heterocycles. The highest BCUT2D eigenvalue weighted by Gasteiger charge is 2.34. The highest BCUT2D eigenvalue weighted by molar-refractivity contribution is 6.30. The Morgan fingerprint density at radius 1 is 1.69 bits per heavy atom. The molecule has 1 fully saturated rings. The minimum absolute atomic E-state index is 0.0226. The lowest BCUT2D eigenvalue weighted by Gasteiger charge is -2.38. The average molecular weight is 244 g/mol. The van der Waals surface area contributed by atoms with Gasteiger partial charge in [-0.15, -0.1) is 0 Å². The van der Waals surface area contributed by atoms with Crippen LogP contribution in [0.4, 0.5) is 10.2 Å². The Morgan fingerprint density at radius 2 is 2.38 bits per heavy atom. The van der Waals surface area contributed by atoms with Gasteiger partial charge in [0.25, 0.3) is 0 Å². The van der Waals surface area contributed by atoms with E-state index in [9.17, 15) is 9.18 Å². The molecular weight excluding hydrogens is 233 g/mol. The Bertz CT molecular complexity index is 421. The summed E-state index contributed by atoms with van der Waals surface area (Å²) in [5, 5.41) is 2.83. The lowest BCUT2D eigenvalue weighted by atomic mass is 9.99. The van der Waals surface area contributed by atoms with Crippen LogP contribution in [0.2, 0.25) is 5.02 Å². The summed E-state index contributed by atoms with van der Waals surface area (Å²) in [6.45, 7) is 0.983. The number of hydrogen-bond acceptors (Lipinski definition) is 3. The number of rotatable bonds is 2. The van der Waals surface area contributed by atoms with Crippen LogP contribution in [0.3, 0.4) is 0 Å². The summed E-state index contributed by atoms with van der Waals surface area (Å²) < 4.78 is 13.4. The van der Waals surface area contributed by atoms with Gasteiger partial charge in [0.1, 0.15) is 0 Å². The van der Waals surface area contributed by atoms with Crippen LogP contribution in [-0.4, -0.2) is 31.0 Å². The van der Waals surface area contributed by atoms with Crippen LogP contribution < -0.4 is 10.2 Å². The predicted octanol–water partition coefficient (Wildman–Crippen LogP) is 1.06. The fraction of sp³-hybridized carbons (Fsp3) is 0.400. The van der Waals surface area contributed by atoms with Crippen LogP contribution >= 0.6 is 11.6 Å². The van der Waals surface area contributed by atoms with Crippen molar-refractivity contribution in [2.24, 2.45) is 5.92 Å². The molecule has 1 aliphatic rings. The Balaban J connectivity index is 2.04. The van der Waals surface area contributed by atoms with Crippen molar-refractivity contribution in [2.75, 3.05) is 25.0 Å². The average Bonchev–Trinajstić information content (AvgIpc) is 2.18. The number of pyridine rings is 1. The summed E-state index contributed by atoms with van der Waals surface area (Å²) in [6.07, 6.45) is 1.40. The van der Waals surface area contributed by atoms with Crippen LogP contribution in [0.1, 0.15) is 0 Å². The molecule has 0 spiro atoms. The molecule has 1 amide bonds. The molecule has 86 valence electrons. The van der Waals surface area contributed by atoms with E-state index in [-0.39, 0.29) is 22.7 Å². The largest absolute Gasteiger partial charge is 0.359 e. The number of carbonyl (C=O) groups is 1. The molecule has 0 unspecified atom stereocenters. The fourth-order valence-corrected chi connectivity index (χ4v) is 1.81. The summed E-state index contributed by atoms with van der Waals surface area (Å²) >= 11 is 5.60. The molecule has 16 heavy (non-hydrogen) atoms. The van der Waals surface area contributed by atoms with Gasteiger partial charge in [-0.2, -0.15) is 0 Å². The summed E-state index contributed by atoms with van der Waals surface area (Å²) in [5.41, 5.74) is 0. The zero-order valence-electron chi connectivity index (χ0n) is 8.70. The van der Waals surface area contributed by atoms with Gasteiger partial charge < -0.3 is 10.2 Å². The van der Waals surface area contributed by atoms with Gasteiger partial charge in [-0.1, -0.05) is 11.6 Å². The Kier molecular flexibility index (Phi) is 2.96. The molecule has 6 heteroatoms. The summed E-state index contributed by atoms with van der Waals surface area (Å²) in [5.74, 6) is -0.306. The molecule has 1 aromatic heterocycles. The van der Waals surface area contributed by atoms with E-state index in [0.29, 0.717) is 13.1 Å². The van der Waals surface area contributed by atoms with E-state index in [1.165, 1.54) is 12.3 Å². The van der Waals surface area contributed by atoms with Crippen LogP contribution in [0.15, 0.2) is 12.3 Å². The van der Waals surface area contributed by atoms with E-state index in [2.05, 4.69) is 10.3 Å². The number of aromatic nitrogens is 1. The molecule has 1 saturated heterocycles. The van der Waals surface area contributed by atoms with Crippen molar-refractivity contribution >= 4 is 23.3 Å². The molecular formula is C10H11ClFN3O. The van der Waals surface area contributed by atoms with E-state index < -0.39 is 5.82 Å². The first kappa shape index (κ1) is 11.1. The minimum Gasteiger partial charge on any atom is -0.359 e. The van der Waals surface area contributed by atoms with Crippen LogP contribution in [0, 0.1) is 11.7 Å². The number of carbonyl (C=O) groups excluding carboxylic acids is 1. The van der Waals surface area contributed by atoms with Gasteiger partial charge in [0.05, 0.1) is 10.9 Å². The number of anilines is 1. The van der Waals surface area contributed by atoms with Crippen molar-refractivity contribution in [1.29, 1.82) is 0 Å². The number of halogens is 2. The maximum atomic E-state index is 13.4. The standard InChI is InChI=1S/C10H11ClFN3O/c1-13-10(16)6-4-15(5-6)9-8(12)2-7(11)3-14-9/h2-3,6H,4-5H2,1H3,(H,13,16). The van der Waals surface area contributed by atoms with Gasteiger partial charge in [-0.3, -0.25) is 4.79 Å². The summed E-state index contributed by atoms with van der Waals surface area (Å²) in [6, 6.07) is 1.22. The summed E-state index contributed by atoms with van der Waals surface area (Å²) in [4.78, 5) is 16.9. The first-order valence-electron chi connectivity index (χ1n) is 4.89. The second-order valence-electron chi connectivity index (χ2n) is 3.68. The van der Waals surface area contributed by atoms with E-state index in [1.54, 1.807) is 11.9 Å². The van der Waals surface area contributed by atoms with Crippen molar-refractivity contribution < 1.29 is 9.18 Å². The lowest BCUT2D eigenvalue weighted by molar-refractivity contribution is -0.125. The Morgan fingerprint density at radius 3 is 2.94 bits per heavy atom. The molecule has 1 N–H and O–H groups in total. The third-order valence-corrected chi connectivity index (χ3v) is 2.79. The van der Waals surface area contributed by atoms with Crippen LogP contribution in [0.25, 0.3) is 0 Å². The van der Waals surface area contributed by atoms with E-state index in [4.69, 9.17) is 11.6 Å². The third-order valence-electron chi connectivity index (χ3n) is 2.59. The molecule has 0 saturated carbocycles. The zero-order chi connectivity index (χ0) is 11.7. The SMILES string of the molecule is CNC(=O)C1CN(c2ncc(Cl)cc2F)C1. The monoisotopic (exact) mass is 243 g/mol. The molecule has 0 aromatic carbocycles. The van der Waals surface area contributed by atoms with Crippen molar-refractivity contribution in [2.45, 2.75) is 0 Å². The van der Waals surface area contributed by atoms with E-state index in [1.807, 2.05) is 0 Å². The number of nitrogens with zero attached hydrogens (tertiary/aromatic N) is 2. The van der Waals surface area contributed by atoms with Crippen LogP contribution in [-0.2, 0) is 4.79 Å². The fourth-order valence-electron chi connectivity index (χ4n) is 1.66. The molecule has 0 aliphatic carbocycles. The quantitative estimate of drug-likeness (QED) is 0.845. The third kappa shape index (κ3) is 1.95. The van der Waals surface area contributed by atoms with Crippen molar-refractivity contribution in [3.8, 4) is 0 Å². The maximum absolute atomic E-state index is 13.4. The lowest BCUT2D eigenvalue weighted by Crippen LogP contribution is -2.53. The molecule has 4 nitrogen and oxygen atoms in total. The maximum Gasteiger partial charge on any atom is 0.226 e. The number of amides is 1. The minimum atomic E-state index is -0.456. The normalized spacial score (nSPS) is 15.8. The van der Waals surface area contributed by atoms with E-state index >= 15 is 0 Å². The summed E-state index contributed by atoms with van der Waals surface area (Å²) in [7, 11) is 1.59. The first-order valence-corrected chi connectivity index (χ1v) is 5.27. The molecule has 2 rings (SSSR count). The van der Waals surface area contributed by atoms with Crippen molar-refractivity contribution in [1.82, 2.24) is 10.3 Å². The van der Waals surface area contributed by atoms with Gasteiger partial charge in [0.2, 0.25) is 5.91 Å². The predicted molar refractivity (Wildman–Crippen MR) is 59.0 cm³/mol. The molecule has 0 atom stereocenters. The zero-order valence-corrected chi connectivity index (χ0v) is 9.46. The van der Waals surface area contributed by atoms with Gasteiger partial charge in [-0.25, -0.2) is 9.37 Å². The highest BCUT2D eigenvalue weighted by Crippen LogP contribution is 2.26. The number of nitrogens with one attached hydrogen (secondary N) is 1. The molecule has 0 bridgehead atoms. The highest BCUT2D eigenvalue weighted by atomic mass is 35.5. The molecule has 1 aromatic rings. The number of hydrogen-bond donors (Lipinski definition) is 1. The van der Waals surface area contributed by atoms with Gasteiger partial charge in [-0.05, 0) is 6.07 Å². The van der Waals surface area contributed by atoms with Crippen molar-refractivity contribution in [3.05, 3.63) is 23.1 Å². The second-order valence-corrected chi connectivity index (χ2v) is 4.11. The van der Waals surface area contributed by atoms with Crippen molar-refractivity contribution in [3.63, 3.8) is 0 Å². The van der Waals surface area contributed by atoms with Crippen LogP contribution in [0.5, 0.6) is 0 Å². The van der Waals surface area contributed by atoms with Gasteiger partial charge >= 0.3 is 0 Å². The molecule has 0 radical (unpaired) electrons. The topological polar surface area (TPSA) is 45.2 Å². The Hall–Kier alpha value is -1.36. The second kappa shape index (κ2) is 4.25. The van der Waals surface area contributed by atoms with E-state index in [0.717, 1.165) is 0 Å². The smallest absolute Gasteiger partial charge is 0.226 e. The van der Waals surface area contributed by atoms with Gasteiger partial charge in [0.15, 0.2) is 11.6 Å². The first-order chi connectivity index (χ1) is 7.61. The Labute approximate surface area is 97.4 Å².